The second-order valence-corrected chi connectivity index (χ2v) is 3.69. The number of benzene rings is 1. The number of carboxylic acid groups (broad SMARTS) is 1. The Morgan fingerprint density at radius 3 is 2.58 bits per heavy atom. The van der Waals surface area contributed by atoms with E-state index in [2.05, 4.69) is 10.3 Å². The van der Waals surface area contributed by atoms with Gasteiger partial charge >= 0.3 is 5.97 Å². The van der Waals surface area contributed by atoms with E-state index in [0.29, 0.717) is 0 Å². The Labute approximate surface area is 106 Å². The highest BCUT2D eigenvalue weighted by Crippen LogP contribution is 2.22. The number of nitrogens with zero attached hydrogens (tertiary/aromatic N) is 1. The first-order chi connectivity index (χ1) is 8.97. The van der Waals surface area contributed by atoms with Crippen molar-refractivity contribution in [2.75, 3.05) is 11.1 Å². The number of pyridine rings is 1. The molecule has 1 aromatic heterocycles. The van der Waals surface area contributed by atoms with E-state index in [1.165, 1.54) is 18.2 Å². The third-order valence-corrected chi connectivity index (χ3v) is 2.33. The molecule has 1 aromatic carbocycles. The average molecular weight is 265 g/mol. The van der Waals surface area contributed by atoms with Crippen LogP contribution in [0.15, 0.2) is 30.3 Å². The van der Waals surface area contributed by atoms with Crippen LogP contribution in [0.25, 0.3) is 0 Å². The molecule has 98 valence electrons. The zero-order valence-electron chi connectivity index (χ0n) is 9.52. The molecule has 0 atom stereocenters. The lowest BCUT2D eigenvalue weighted by molar-refractivity contribution is 0.0690. The number of hydrogen-bond donors (Lipinski definition) is 3. The van der Waals surface area contributed by atoms with Crippen LogP contribution < -0.4 is 11.1 Å². The summed E-state index contributed by atoms with van der Waals surface area (Å²) in [6.07, 6.45) is 0. The van der Waals surface area contributed by atoms with Crippen molar-refractivity contribution >= 4 is 23.2 Å². The lowest BCUT2D eigenvalue weighted by Gasteiger charge is -2.09. The average Bonchev–Trinajstić information content (AvgIpc) is 2.36. The van der Waals surface area contributed by atoms with E-state index < -0.39 is 17.6 Å². The fourth-order valence-corrected chi connectivity index (χ4v) is 1.40. The summed E-state index contributed by atoms with van der Waals surface area (Å²) in [6.45, 7) is 0. The number of carboxylic acids is 1. The van der Waals surface area contributed by atoms with Gasteiger partial charge in [0.1, 0.15) is 0 Å². The fourth-order valence-electron chi connectivity index (χ4n) is 1.40. The first-order valence-electron chi connectivity index (χ1n) is 5.19. The van der Waals surface area contributed by atoms with Gasteiger partial charge in [-0.3, -0.25) is 0 Å². The van der Waals surface area contributed by atoms with Crippen LogP contribution in [-0.2, 0) is 0 Å². The van der Waals surface area contributed by atoms with E-state index >= 15 is 0 Å². The number of anilines is 3. The molecule has 0 spiro atoms. The molecule has 19 heavy (non-hydrogen) atoms. The Hall–Kier alpha value is -2.70. The van der Waals surface area contributed by atoms with E-state index in [9.17, 15) is 13.6 Å². The second kappa shape index (κ2) is 4.89. The number of halogens is 2. The molecular formula is C12H9F2N3O2. The van der Waals surface area contributed by atoms with Gasteiger partial charge in [-0.05, 0) is 24.3 Å². The van der Waals surface area contributed by atoms with E-state index in [4.69, 9.17) is 10.8 Å². The van der Waals surface area contributed by atoms with Gasteiger partial charge in [-0.2, -0.15) is 0 Å². The zero-order chi connectivity index (χ0) is 14.0. The van der Waals surface area contributed by atoms with Crippen LogP contribution in [0, 0.1) is 11.6 Å². The molecule has 4 N–H and O–H groups in total. The monoisotopic (exact) mass is 265 g/mol. The Kier molecular flexibility index (Phi) is 3.28. The molecule has 0 unspecified atom stereocenters. The lowest BCUT2D eigenvalue weighted by atomic mass is 10.2. The van der Waals surface area contributed by atoms with E-state index in [1.807, 2.05) is 0 Å². The summed E-state index contributed by atoms with van der Waals surface area (Å²) in [5, 5.41) is 11.4. The summed E-state index contributed by atoms with van der Waals surface area (Å²) in [5.41, 5.74) is 5.81. The molecule has 0 radical (unpaired) electrons. The van der Waals surface area contributed by atoms with Crippen molar-refractivity contribution in [1.82, 2.24) is 4.98 Å². The van der Waals surface area contributed by atoms with Gasteiger partial charge in [0.05, 0.1) is 5.69 Å². The molecule has 5 nitrogen and oxygen atoms in total. The van der Waals surface area contributed by atoms with Crippen LogP contribution >= 0.6 is 0 Å². The van der Waals surface area contributed by atoms with E-state index in [-0.39, 0.29) is 22.9 Å². The van der Waals surface area contributed by atoms with Crippen LogP contribution in [-0.4, -0.2) is 16.1 Å². The minimum atomic E-state index is -1.21. The lowest BCUT2D eigenvalue weighted by Crippen LogP contribution is -2.06. The Morgan fingerprint density at radius 1 is 1.21 bits per heavy atom. The molecule has 0 bridgehead atoms. The number of carbonyl (C=O) groups is 1. The summed E-state index contributed by atoms with van der Waals surface area (Å²) < 4.78 is 25.8. The summed E-state index contributed by atoms with van der Waals surface area (Å²) >= 11 is 0. The van der Waals surface area contributed by atoms with Gasteiger partial charge in [0.2, 0.25) is 0 Å². The highest BCUT2D eigenvalue weighted by molar-refractivity contribution is 5.87. The number of rotatable bonds is 3. The molecule has 1 heterocycles. The van der Waals surface area contributed by atoms with Crippen molar-refractivity contribution in [2.45, 2.75) is 0 Å². The summed E-state index contributed by atoms with van der Waals surface area (Å²) in [6, 6.07) is 5.75. The number of aromatic carboxylic acids is 1. The van der Waals surface area contributed by atoms with Gasteiger partial charge < -0.3 is 16.2 Å². The van der Waals surface area contributed by atoms with Crippen LogP contribution in [0.3, 0.4) is 0 Å². The Morgan fingerprint density at radius 2 is 1.95 bits per heavy atom. The van der Waals surface area contributed by atoms with Crippen LogP contribution in [0.5, 0.6) is 0 Å². The van der Waals surface area contributed by atoms with Gasteiger partial charge in [0.15, 0.2) is 23.1 Å². The molecule has 7 heteroatoms. The Bertz CT molecular complexity index is 647. The number of aromatic nitrogens is 1. The third kappa shape index (κ3) is 2.76. The molecule has 0 aliphatic heterocycles. The molecular weight excluding hydrogens is 256 g/mol. The molecule has 0 saturated carbocycles. The van der Waals surface area contributed by atoms with Crippen molar-refractivity contribution in [1.29, 1.82) is 0 Å². The zero-order valence-corrected chi connectivity index (χ0v) is 9.52. The number of nitrogens with two attached hydrogens (primary N) is 1. The fraction of sp³-hybridized carbons (Fsp3) is 0. The molecule has 2 aromatic rings. The van der Waals surface area contributed by atoms with Crippen molar-refractivity contribution in [3.8, 4) is 0 Å². The molecule has 0 aliphatic rings. The molecule has 0 fully saturated rings. The Balaban J connectivity index is 2.34. The highest BCUT2D eigenvalue weighted by Gasteiger charge is 2.10. The molecule has 0 amide bonds. The minimum Gasteiger partial charge on any atom is -0.477 e. The van der Waals surface area contributed by atoms with Gasteiger partial charge in [-0.25, -0.2) is 18.6 Å². The van der Waals surface area contributed by atoms with Crippen LogP contribution in [0.4, 0.5) is 26.0 Å². The van der Waals surface area contributed by atoms with Crippen molar-refractivity contribution in [2.24, 2.45) is 0 Å². The van der Waals surface area contributed by atoms with Gasteiger partial charge in [0.25, 0.3) is 0 Å². The topological polar surface area (TPSA) is 88.2 Å². The number of hydrogen-bond acceptors (Lipinski definition) is 4. The first-order valence-corrected chi connectivity index (χ1v) is 5.19. The molecule has 2 rings (SSSR count). The highest BCUT2D eigenvalue weighted by atomic mass is 19.2. The second-order valence-electron chi connectivity index (χ2n) is 3.69. The van der Waals surface area contributed by atoms with Crippen molar-refractivity contribution in [3.63, 3.8) is 0 Å². The van der Waals surface area contributed by atoms with Gasteiger partial charge in [-0.15, -0.1) is 0 Å². The van der Waals surface area contributed by atoms with Crippen molar-refractivity contribution in [3.05, 3.63) is 47.7 Å². The largest absolute Gasteiger partial charge is 0.477 e. The third-order valence-electron chi connectivity index (χ3n) is 2.33. The maximum Gasteiger partial charge on any atom is 0.354 e. The van der Waals surface area contributed by atoms with Crippen LogP contribution in [0.1, 0.15) is 10.5 Å². The molecule has 0 saturated heterocycles. The quantitative estimate of drug-likeness (QED) is 0.793. The standard InChI is InChI=1S/C12H9F2N3O2/c13-7-2-1-6(5-8(7)14)16-11-9(15)3-4-10(17-11)12(18)19/h1-5H,15H2,(H,16,17)(H,18,19). The summed E-state index contributed by atoms with van der Waals surface area (Å²) in [7, 11) is 0. The normalized spacial score (nSPS) is 10.2. The van der Waals surface area contributed by atoms with Crippen LogP contribution in [0.2, 0.25) is 0 Å². The maximum atomic E-state index is 13.0. The molecule has 0 aliphatic carbocycles. The van der Waals surface area contributed by atoms with E-state index in [1.54, 1.807) is 0 Å². The predicted molar refractivity (Wildman–Crippen MR) is 65.2 cm³/mol. The van der Waals surface area contributed by atoms with Gasteiger partial charge in [-0.1, -0.05) is 0 Å². The smallest absolute Gasteiger partial charge is 0.354 e. The van der Waals surface area contributed by atoms with Crippen molar-refractivity contribution < 1.29 is 18.7 Å². The van der Waals surface area contributed by atoms with Gasteiger partial charge in [0, 0.05) is 11.8 Å². The predicted octanol–water partition coefficient (Wildman–Crippen LogP) is 2.38. The number of nitrogen functional groups attached to an aromatic ring is 1. The van der Waals surface area contributed by atoms with E-state index in [0.717, 1.165) is 12.1 Å². The maximum absolute atomic E-state index is 13.0. The number of nitrogens with one attached hydrogen (secondary N) is 1. The summed E-state index contributed by atoms with van der Waals surface area (Å²) in [5.74, 6) is -3.16. The minimum absolute atomic E-state index is 0.0610. The SMILES string of the molecule is Nc1ccc(C(=O)O)nc1Nc1ccc(F)c(F)c1. The summed E-state index contributed by atoms with van der Waals surface area (Å²) in [4.78, 5) is 14.5. The first kappa shape index (κ1) is 12.7.